The van der Waals surface area contributed by atoms with Crippen LogP contribution >= 0.6 is 0 Å². The third-order valence-corrected chi connectivity index (χ3v) is 4.07. The number of fused-ring (bicyclic) bond motifs is 1. The average Bonchev–Trinajstić information content (AvgIpc) is 2.56. The van der Waals surface area contributed by atoms with E-state index in [1.807, 2.05) is 0 Å². The van der Waals surface area contributed by atoms with Crippen molar-refractivity contribution < 1.29 is 39.4 Å². The lowest BCUT2D eigenvalue weighted by Gasteiger charge is -2.33. The zero-order valence-electron chi connectivity index (χ0n) is 14.7. The number of aromatic hydroxyl groups is 4. The first-order chi connectivity index (χ1) is 12.7. The van der Waals surface area contributed by atoms with E-state index in [1.54, 1.807) is 13.8 Å². The second kappa shape index (κ2) is 7.14. The molecule has 0 amide bonds. The normalized spacial score (nSPS) is 18.5. The molecule has 0 aromatic heterocycles. The molecule has 2 atom stereocenters. The maximum absolute atomic E-state index is 12.0. The number of rotatable bonds is 3. The number of hydrogen-bond acceptors (Lipinski definition) is 8. The van der Waals surface area contributed by atoms with Crippen LogP contribution in [0, 0.1) is 0 Å². The average molecular weight is 376 g/mol. The Hall–Kier alpha value is -3.29. The van der Waals surface area contributed by atoms with E-state index < -0.39 is 18.4 Å². The highest BCUT2D eigenvalue weighted by molar-refractivity contribution is 5.61. The molecule has 8 heteroatoms. The van der Waals surface area contributed by atoms with Gasteiger partial charge in [-0.25, -0.2) is 4.79 Å². The van der Waals surface area contributed by atoms with Crippen molar-refractivity contribution >= 4 is 6.16 Å². The minimum Gasteiger partial charge on any atom is -0.508 e. The maximum Gasteiger partial charge on any atom is 0.508 e. The van der Waals surface area contributed by atoms with Crippen LogP contribution < -0.4 is 4.74 Å². The molecular formula is C19H20O8. The van der Waals surface area contributed by atoms with Crippen LogP contribution in [0.2, 0.25) is 0 Å². The van der Waals surface area contributed by atoms with Gasteiger partial charge in [0, 0.05) is 29.7 Å². The summed E-state index contributed by atoms with van der Waals surface area (Å²) in [6.07, 6.45) is -2.90. The molecule has 4 N–H and O–H groups in total. The molecule has 0 saturated carbocycles. The Morgan fingerprint density at radius 2 is 1.81 bits per heavy atom. The smallest absolute Gasteiger partial charge is 0.508 e. The molecule has 144 valence electrons. The van der Waals surface area contributed by atoms with Crippen molar-refractivity contribution in [1.29, 1.82) is 0 Å². The van der Waals surface area contributed by atoms with Gasteiger partial charge < -0.3 is 34.6 Å². The Labute approximate surface area is 155 Å². The van der Waals surface area contributed by atoms with Crippen LogP contribution in [0.5, 0.6) is 28.7 Å². The van der Waals surface area contributed by atoms with Crippen LogP contribution in [0.25, 0.3) is 0 Å². The molecule has 3 rings (SSSR count). The van der Waals surface area contributed by atoms with Crippen molar-refractivity contribution in [3.8, 4) is 28.7 Å². The first-order valence-corrected chi connectivity index (χ1v) is 8.35. The van der Waals surface area contributed by atoms with E-state index in [0.29, 0.717) is 11.1 Å². The molecular weight excluding hydrogens is 356 g/mol. The van der Waals surface area contributed by atoms with Crippen LogP contribution in [0.4, 0.5) is 4.79 Å². The zero-order valence-corrected chi connectivity index (χ0v) is 14.7. The number of phenolic OH excluding ortho intramolecular Hbond substituents is 4. The summed E-state index contributed by atoms with van der Waals surface area (Å²) >= 11 is 0. The van der Waals surface area contributed by atoms with Gasteiger partial charge in [-0.15, -0.1) is 0 Å². The third-order valence-electron chi connectivity index (χ3n) is 4.07. The number of benzene rings is 2. The van der Waals surface area contributed by atoms with Gasteiger partial charge in [0.1, 0.15) is 17.2 Å². The van der Waals surface area contributed by atoms with Crippen molar-refractivity contribution in [1.82, 2.24) is 0 Å². The summed E-state index contributed by atoms with van der Waals surface area (Å²) < 4.78 is 16.2. The number of carbonyl (C=O) groups is 1. The van der Waals surface area contributed by atoms with Gasteiger partial charge in [-0.2, -0.15) is 0 Å². The Morgan fingerprint density at radius 1 is 1.07 bits per heavy atom. The van der Waals surface area contributed by atoms with E-state index >= 15 is 0 Å². The highest BCUT2D eigenvalue weighted by Gasteiger charge is 2.37. The van der Waals surface area contributed by atoms with Gasteiger partial charge >= 0.3 is 6.16 Å². The van der Waals surface area contributed by atoms with Crippen LogP contribution in [0.1, 0.15) is 31.1 Å². The molecule has 0 spiro atoms. The summed E-state index contributed by atoms with van der Waals surface area (Å²) in [5.41, 5.74) is 0.801. The van der Waals surface area contributed by atoms with Gasteiger partial charge in [0.15, 0.2) is 23.7 Å². The van der Waals surface area contributed by atoms with E-state index in [1.165, 1.54) is 30.3 Å². The number of ether oxygens (including phenoxy) is 3. The molecule has 0 aliphatic carbocycles. The van der Waals surface area contributed by atoms with Gasteiger partial charge in [-0.05, 0) is 26.0 Å². The Bertz CT molecular complexity index is 861. The topological polar surface area (TPSA) is 126 Å². The number of hydrogen-bond donors (Lipinski definition) is 4. The maximum atomic E-state index is 12.0. The SMILES string of the molecule is CC(C)OC(=O)O[C@@H]1Cc2c(O)cc(O)cc2O[C@H]1c1ccc(O)c(O)c1. The molecule has 1 aliphatic heterocycles. The standard InChI is InChI=1S/C19H20O8/c1-9(2)25-19(24)27-17-8-12-14(22)6-11(20)7-16(12)26-18(17)10-3-4-13(21)15(23)5-10/h3-7,9,17-18,20-23H,8H2,1-2H3/t17-,18+/m1/s1. The van der Waals surface area contributed by atoms with Crippen molar-refractivity contribution in [3.05, 3.63) is 41.5 Å². The minimum absolute atomic E-state index is 0.0982. The predicted octanol–water partition coefficient (Wildman–Crippen LogP) is 3.12. The summed E-state index contributed by atoms with van der Waals surface area (Å²) in [5.74, 6) is -0.812. The van der Waals surface area contributed by atoms with Crippen molar-refractivity contribution in [2.75, 3.05) is 0 Å². The molecule has 1 heterocycles. The first-order valence-electron chi connectivity index (χ1n) is 8.35. The largest absolute Gasteiger partial charge is 0.508 e. The van der Waals surface area contributed by atoms with E-state index in [4.69, 9.17) is 14.2 Å². The lowest BCUT2D eigenvalue weighted by molar-refractivity contribution is -0.0407. The highest BCUT2D eigenvalue weighted by atomic mass is 16.7. The quantitative estimate of drug-likeness (QED) is 0.476. The van der Waals surface area contributed by atoms with Crippen LogP contribution in [0.15, 0.2) is 30.3 Å². The molecule has 0 radical (unpaired) electrons. The van der Waals surface area contributed by atoms with Crippen LogP contribution in [-0.4, -0.2) is 38.8 Å². The molecule has 0 fully saturated rings. The van der Waals surface area contributed by atoms with Gasteiger partial charge in [-0.3, -0.25) is 0 Å². The predicted molar refractivity (Wildman–Crippen MR) is 93.1 cm³/mol. The molecule has 27 heavy (non-hydrogen) atoms. The molecule has 0 bridgehead atoms. The van der Waals surface area contributed by atoms with Crippen molar-refractivity contribution in [2.24, 2.45) is 0 Å². The summed E-state index contributed by atoms with van der Waals surface area (Å²) in [6.45, 7) is 3.36. The number of phenols is 4. The molecule has 8 nitrogen and oxygen atoms in total. The number of carbonyl (C=O) groups excluding carboxylic acids is 1. The fourth-order valence-electron chi connectivity index (χ4n) is 2.90. The lowest BCUT2D eigenvalue weighted by Crippen LogP contribution is -2.35. The van der Waals surface area contributed by atoms with E-state index in [0.717, 1.165) is 0 Å². The summed E-state index contributed by atoms with van der Waals surface area (Å²) in [4.78, 5) is 12.0. The van der Waals surface area contributed by atoms with Gasteiger partial charge in [0.05, 0.1) is 6.10 Å². The Kier molecular flexibility index (Phi) is 4.89. The second-order valence-electron chi connectivity index (χ2n) is 6.51. The first kappa shape index (κ1) is 18.5. The monoisotopic (exact) mass is 376 g/mol. The van der Waals surface area contributed by atoms with Gasteiger partial charge in [-0.1, -0.05) is 6.07 Å². The summed E-state index contributed by atoms with van der Waals surface area (Å²) in [7, 11) is 0. The van der Waals surface area contributed by atoms with Gasteiger partial charge in [0.2, 0.25) is 0 Å². The third kappa shape index (κ3) is 3.94. The van der Waals surface area contributed by atoms with E-state index in [2.05, 4.69) is 0 Å². The Morgan fingerprint density at radius 3 is 2.48 bits per heavy atom. The molecule has 0 unspecified atom stereocenters. The summed E-state index contributed by atoms with van der Waals surface area (Å²) in [5, 5.41) is 39.1. The molecule has 2 aromatic rings. The van der Waals surface area contributed by atoms with Crippen LogP contribution in [0.3, 0.4) is 0 Å². The minimum atomic E-state index is -0.895. The highest BCUT2D eigenvalue weighted by Crippen LogP contribution is 2.43. The Balaban J connectivity index is 1.97. The van der Waals surface area contributed by atoms with Gasteiger partial charge in [0.25, 0.3) is 0 Å². The zero-order chi connectivity index (χ0) is 19.7. The molecule has 1 aliphatic rings. The fraction of sp³-hybridized carbons (Fsp3) is 0.316. The summed E-state index contributed by atoms with van der Waals surface area (Å²) in [6, 6.07) is 6.59. The molecule has 0 saturated heterocycles. The van der Waals surface area contributed by atoms with Crippen molar-refractivity contribution in [2.45, 2.75) is 38.6 Å². The van der Waals surface area contributed by atoms with E-state index in [9.17, 15) is 25.2 Å². The lowest BCUT2D eigenvalue weighted by atomic mass is 9.93. The second-order valence-corrected chi connectivity index (χ2v) is 6.51. The van der Waals surface area contributed by atoms with E-state index in [-0.39, 0.29) is 41.3 Å². The van der Waals surface area contributed by atoms with Crippen LogP contribution in [-0.2, 0) is 15.9 Å². The van der Waals surface area contributed by atoms with Crippen molar-refractivity contribution in [3.63, 3.8) is 0 Å². The fourth-order valence-corrected chi connectivity index (χ4v) is 2.90. The molecule has 2 aromatic carbocycles.